The molecule has 0 fully saturated rings. The van der Waals surface area contributed by atoms with Crippen LogP contribution in [-0.4, -0.2) is 9.38 Å². The largest absolute Gasteiger partial charge is 0.302 e. The maximum absolute atomic E-state index is 4.94. The lowest BCUT2D eigenvalue weighted by atomic mass is 10.1. The maximum Gasteiger partial charge on any atom is 0.251 e. The number of para-hydroxylation sites is 4. The maximum atomic E-state index is 4.94. The summed E-state index contributed by atoms with van der Waals surface area (Å²) >= 11 is 0. The average Bonchev–Trinajstić information content (AvgIpc) is 3.20. The summed E-state index contributed by atoms with van der Waals surface area (Å²) in [5.74, 6) is 0. The van der Waals surface area contributed by atoms with Crippen LogP contribution in [0.15, 0.2) is 66.7 Å². The summed E-state index contributed by atoms with van der Waals surface area (Å²) in [7, 11) is 2.15. The van der Waals surface area contributed by atoms with E-state index in [0.29, 0.717) is 0 Å². The van der Waals surface area contributed by atoms with Crippen LogP contribution in [0.2, 0.25) is 0 Å². The summed E-state index contributed by atoms with van der Waals surface area (Å²) < 4.78 is 4.73. The molecule has 0 spiro atoms. The molecule has 0 unspecified atom stereocenters. The first-order chi connectivity index (χ1) is 13.7. The molecule has 0 atom stereocenters. The van der Waals surface area contributed by atoms with Gasteiger partial charge in [0.2, 0.25) is 5.52 Å². The van der Waals surface area contributed by atoms with E-state index in [1.165, 1.54) is 44.1 Å². The Kier molecular flexibility index (Phi) is 2.95. The molecule has 0 bridgehead atoms. The Balaban J connectivity index is 1.89. The predicted octanol–water partition coefficient (Wildman–Crippen LogP) is 5.34. The molecule has 28 heavy (non-hydrogen) atoms. The van der Waals surface area contributed by atoms with Crippen LogP contribution in [0.25, 0.3) is 49.6 Å². The average molecular weight is 362 g/mol. The quantitative estimate of drug-likeness (QED) is 0.362. The summed E-state index contributed by atoms with van der Waals surface area (Å²) in [5, 5.41) is 3.94. The standard InChI is InChI=1S/C25H20N3/c1-15-17-10-8-11-19-18-9-4-6-13-21(18)28(25(17)19)23(15)24-16(2)26-20-12-5-7-14-22(20)27(24)3/h4-14H,1-3H3/q+1. The zero-order valence-electron chi connectivity index (χ0n) is 16.2. The Morgan fingerprint density at radius 1 is 0.786 bits per heavy atom. The Labute approximate surface area is 162 Å². The second-order valence-corrected chi connectivity index (χ2v) is 7.62. The highest BCUT2D eigenvalue weighted by Crippen LogP contribution is 2.40. The van der Waals surface area contributed by atoms with Gasteiger partial charge in [0.1, 0.15) is 24.0 Å². The van der Waals surface area contributed by atoms with E-state index in [1.807, 2.05) is 6.07 Å². The highest BCUT2D eigenvalue weighted by Gasteiger charge is 2.28. The summed E-state index contributed by atoms with van der Waals surface area (Å²) in [6, 6.07) is 23.7. The van der Waals surface area contributed by atoms with Gasteiger partial charge < -0.3 is 4.40 Å². The van der Waals surface area contributed by atoms with E-state index < -0.39 is 0 Å². The van der Waals surface area contributed by atoms with Crippen molar-refractivity contribution >= 4 is 38.2 Å². The number of benzene rings is 3. The lowest BCUT2D eigenvalue weighted by Crippen LogP contribution is -2.34. The van der Waals surface area contributed by atoms with Gasteiger partial charge in [-0.05, 0) is 31.5 Å². The number of hydrogen-bond acceptors (Lipinski definition) is 1. The van der Waals surface area contributed by atoms with Crippen molar-refractivity contribution in [3.05, 3.63) is 78.0 Å². The van der Waals surface area contributed by atoms with E-state index in [-0.39, 0.29) is 0 Å². The van der Waals surface area contributed by atoms with Crippen molar-refractivity contribution < 1.29 is 4.57 Å². The van der Waals surface area contributed by atoms with Gasteiger partial charge in [-0.25, -0.2) is 4.98 Å². The molecule has 0 amide bonds. The Morgan fingerprint density at radius 3 is 2.39 bits per heavy atom. The van der Waals surface area contributed by atoms with Gasteiger partial charge in [-0.15, -0.1) is 0 Å². The summed E-state index contributed by atoms with van der Waals surface area (Å²) in [6.07, 6.45) is 0. The minimum atomic E-state index is 1.03. The highest BCUT2D eigenvalue weighted by atomic mass is 15.0. The number of nitrogens with zero attached hydrogens (tertiary/aromatic N) is 3. The smallest absolute Gasteiger partial charge is 0.251 e. The molecule has 3 aromatic heterocycles. The first-order valence-electron chi connectivity index (χ1n) is 9.66. The number of aromatic nitrogens is 3. The van der Waals surface area contributed by atoms with Crippen LogP contribution in [0, 0.1) is 13.8 Å². The molecule has 134 valence electrons. The fraction of sp³-hybridized carbons (Fsp3) is 0.120. The molecule has 6 rings (SSSR count). The van der Waals surface area contributed by atoms with Gasteiger partial charge in [0.05, 0.1) is 11.0 Å². The zero-order chi connectivity index (χ0) is 19.0. The Morgan fingerprint density at radius 2 is 1.50 bits per heavy atom. The molecular formula is C25H20N3+. The molecule has 3 heterocycles. The fourth-order valence-electron chi connectivity index (χ4n) is 4.90. The second kappa shape index (κ2) is 5.29. The Hall–Kier alpha value is -3.46. The molecule has 3 nitrogen and oxygen atoms in total. The monoisotopic (exact) mass is 362 g/mol. The molecule has 0 N–H and O–H groups in total. The number of aryl methyl sites for hydroxylation is 3. The number of fused-ring (bicyclic) bond motifs is 4. The van der Waals surface area contributed by atoms with Gasteiger partial charge in [-0.3, -0.25) is 0 Å². The highest BCUT2D eigenvalue weighted by molar-refractivity contribution is 6.17. The normalized spacial score (nSPS) is 12.1. The summed E-state index contributed by atoms with van der Waals surface area (Å²) in [5.41, 5.74) is 9.51. The van der Waals surface area contributed by atoms with Gasteiger partial charge in [0, 0.05) is 22.2 Å². The summed E-state index contributed by atoms with van der Waals surface area (Å²) in [4.78, 5) is 4.94. The molecule has 3 aromatic carbocycles. The molecule has 0 saturated carbocycles. The third kappa shape index (κ3) is 1.79. The van der Waals surface area contributed by atoms with Crippen molar-refractivity contribution in [3.63, 3.8) is 0 Å². The van der Waals surface area contributed by atoms with Crippen LogP contribution in [0.3, 0.4) is 0 Å². The SMILES string of the molecule is Cc1nc2ccccc2[n+](C)c1-c1c(C)c2cccc3c4ccccc4n1c23. The zero-order valence-corrected chi connectivity index (χ0v) is 16.2. The summed E-state index contributed by atoms with van der Waals surface area (Å²) in [6.45, 7) is 4.36. The van der Waals surface area contributed by atoms with Gasteiger partial charge in [-0.2, -0.15) is 4.57 Å². The van der Waals surface area contributed by atoms with Gasteiger partial charge in [0.25, 0.3) is 5.69 Å². The lowest BCUT2D eigenvalue weighted by Gasteiger charge is -2.08. The van der Waals surface area contributed by atoms with Crippen molar-refractivity contribution in [2.24, 2.45) is 7.05 Å². The van der Waals surface area contributed by atoms with Gasteiger partial charge in [-0.1, -0.05) is 48.5 Å². The number of hydrogen-bond donors (Lipinski definition) is 0. The van der Waals surface area contributed by atoms with E-state index in [9.17, 15) is 0 Å². The second-order valence-electron chi connectivity index (χ2n) is 7.62. The molecule has 0 radical (unpaired) electrons. The van der Waals surface area contributed by atoms with Crippen LogP contribution in [0.5, 0.6) is 0 Å². The van der Waals surface area contributed by atoms with Crippen molar-refractivity contribution in [1.29, 1.82) is 0 Å². The first-order valence-corrected chi connectivity index (χ1v) is 9.66. The van der Waals surface area contributed by atoms with Crippen LogP contribution >= 0.6 is 0 Å². The minimum Gasteiger partial charge on any atom is -0.302 e. The van der Waals surface area contributed by atoms with Gasteiger partial charge >= 0.3 is 0 Å². The molecule has 6 aromatic rings. The van der Waals surface area contributed by atoms with Gasteiger partial charge in [0.15, 0.2) is 0 Å². The molecule has 0 aliphatic rings. The molecular weight excluding hydrogens is 342 g/mol. The van der Waals surface area contributed by atoms with E-state index in [1.54, 1.807) is 0 Å². The molecule has 0 saturated heterocycles. The van der Waals surface area contributed by atoms with Crippen molar-refractivity contribution in [3.8, 4) is 11.4 Å². The molecule has 0 aliphatic carbocycles. The minimum absolute atomic E-state index is 1.03. The number of rotatable bonds is 1. The molecule has 3 heteroatoms. The van der Waals surface area contributed by atoms with Crippen molar-refractivity contribution in [1.82, 2.24) is 9.38 Å². The van der Waals surface area contributed by atoms with E-state index in [4.69, 9.17) is 4.98 Å². The third-order valence-corrected chi connectivity index (χ3v) is 6.11. The Bertz CT molecular complexity index is 1540. The van der Waals surface area contributed by atoms with Crippen molar-refractivity contribution in [2.75, 3.05) is 0 Å². The van der Waals surface area contributed by atoms with Crippen LogP contribution in [-0.2, 0) is 7.05 Å². The van der Waals surface area contributed by atoms with E-state index in [2.05, 4.69) is 90.5 Å². The van der Waals surface area contributed by atoms with Crippen LogP contribution in [0.1, 0.15) is 11.3 Å². The predicted molar refractivity (Wildman–Crippen MR) is 115 cm³/mol. The van der Waals surface area contributed by atoms with E-state index in [0.717, 1.165) is 16.7 Å². The molecule has 0 aliphatic heterocycles. The first kappa shape index (κ1) is 15.6. The van der Waals surface area contributed by atoms with Crippen molar-refractivity contribution in [2.45, 2.75) is 13.8 Å². The lowest BCUT2D eigenvalue weighted by molar-refractivity contribution is -0.634. The van der Waals surface area contributed by atoms with Crippen LogP contribution < -0.4 is 4.57 Å². The topological polar surface area (TPSA) is 21.2 Å². The van der Waals surface area contributed by atoms with E-state index >= 15 is 0 Å². The fourth-order valence-corrected chi connectivity index (χ4v) is 4.90. The van der Waals surface area contributed by atoms with Crippen LogP contribution in [0.4, 0.5) is 0 Å². The third-order valence-electron chi connectivity index (χ3n) is 6.11.